The van der Waals surface area contributed by atoms with Crippen molar-refractivity contribution in [3.05, 3.63) is 24.3 Å². The van der Waals surface area contributed by atoms with Crippen molar-refractivity contribution in [1.29, 1.82) is 0 Å². The molecule has 1 saturated heterocycles. The summed E-state index contributed by atoms with van der Waals surface area (Å²) in [4.78, 5) is 34.7. The van der Waals surface area contributed by atoms with Crippen LogP contribution in [0.4, 0.5) is 11.4 Å². The number of nitrogens with zero attached hydrogens (tertiary/aromatic N) is 1. The summed E-state index contributed by atoms with van der Waals surface area (Å²) in [5.41, 5.74) is 1.94. The molecule has 0 unspecified atom stereocenters. The summed E-state index contributed by atoms with van der Waals surface area (Å²) in [6, 6.07) is 7.83. The van der Waals surface area contributed by atoms with Crippen LogP contribution in [0.2, 0.25) is 0 Å². The van der Waals surface area contributed by atoms with E-state index in [4.69, 9.17) is 11.6 Å². The number of hydrogen-bond acceptors (Lipinski definition) is 4. The normalized spacial score (nSPS) is 13.7. The predicted molar refractivity (Wildman–Crippen MR) is 102 cm³/mol. The molecule has 0 aliphatic carbocycles. The van der Waals surface area contributed by atoms with Crippen LogP contribution in [0.5, 0.6) is 0 Å². The second-order valence-corrected chi connectivity index (χ2v) is 6.40. The van der Waals surface area contributed by atoms with Crippen LogP contribution >= 0.6 is 11.6 Å². The highest BCUT2D eigenvalue weighted by Crippen LogP contribution is 2.21. The van der Waals surface area contributed by atoms with Crippen molar-refractivity contribution < 1.29 is 14.4 Å². The summed E-state index contributed by atoms with van der Waals surface area (Å²) < 4.78 is 0. The van der Waals surface area contributed by atoms with Crippen LogP contribution in [-0.2, 0) is 14.4 Å². The Balaban J connectivity index is 0.000000450. The van der Waals surface area contributed by atoms with Crippen molar-refractivity contribution in [2.24, 2.45) is 0 Å². The van der Waals surface area contributed by atoms with Crippen molar-refractivity contribution in [3.8, 4) is 0 Å². The van der Waals surface area contributed by atoms with E-state index < -0.39 is 0 Å². The second-order valence-electron chi connectivity index (χ2n) is 5.98. The number of anilines is 2. The lowest BCUT2D eigenvalue weighted by Crippen LogP contribution is -2.33. The average Bonchev–Trinajstić information content (AvgIpc) is 2.57. The third-order valence-corrected chi connectivity index (χ3v) is 3.95. The molecule has 1 amide bonds. The molecule has 5 nitrogen and oxygen atoms in total. The van der Waals surface area contributed by atoms with Crippen LogP contribution in [0.3, 0.4) is 0 Å². The molecule has 0 bridgehead atoms. The molecule has 1 aliphatic heterocycles. The third kappa shape index (κ3) is 8.68. The zero-order valence-electron chi connectivity index (χ0n) is 15.0. The van der Waals surface area contributed by atoms with E-state index in [1.54, 1.807) is 0 Å². The Kier molecular flexibility index (Phi) is 9.85. The summed E-state index contributed by atoms with van der Waals surface area (Å²) in [5.74, 6) is 0.401. The van der Waals surface area contributed by atoms with Gasteiger partial charge in [0.05, 0.1) is 0 Å². The Bertz CT molecular complexity index is 563. The Labute approximate surface area is 154 Å². The Morgan fingerprint density at radius 2 is 1.60 bits per heavy atom. The predicted octanol–water partition coefficient (Wildman–Crippen LogP) is 4.15. The van der Waals surface area contributed by atoms with E-state index in [0.717, 1.165) is 37.3 Å². The molecular weight excluding hydrogens is 340 g/mol. The molecule has 0 radical (unpaired) electrons. The molecule has 1 fully saturated rings. The van der Waals surface area contributed by atoms with Gasteiger partial charge in [0, 0.05) is 50.1 Å². The van der Waals surface area contributed by atoms with E-state index >= 15 is 0 Å². The number of Topliss-reactive ketones (excluding diaryl/α,β-unsaturated/α-hetero) is 1. The molecule has 1 aromatic rings. The summed E-state index contributed by atoms with van der Waals surface area (Å²) in [6.07, 6.45) is 4.02. The fourth-order valence-corrected chi connectivity index (χ4v) is 2.61. The van der Waals surface area contributed by atoms with Crippen LogP contribution in [0.25, 0.3) is 0 Å². The first kappa shape index (κ1) is 21.2. The summed E-state index contributed by atoms with van der Waals surface area (Å²) in [7, 11) is 0. The van der Waals surface area contributed by atoms with Crippen molar-refractivity contribution in [2.75, 3.05) is 23.3 Å². The van der Waals surface area contributed by atoms with Gasteiger partial charge in [0.2, 0.25) is 11.1 Å². The van der Waals surface area contributed by atoms with E-state index in [1.165, 1.54) is 0 Å². The Morgan fingerprint density at radius 1 is 1.04 bits per heavy atom. The largest absolute Gasteiger partial charge is 0.371 e. The maximum absolute atomic E-state index is 11.5. The number of ketones is 1. The number of nitrogens with one attached hydrogen (secondary N) is 1. The topological polar surface area (TPSA) is 66.5 Å². The molecule has 6 heteroatoms. The molecule has 0 spiro atoms. The molecule has 2 rings (SSSR count). The molecule has 138 valence electrons. The number of hydrogen-bond donors (Lipinski definition) is 1. The van der Waals surface area contributed by atoms with Gasteiger partial charge in [0.25, 0.3) is 0 Å². The fraction of sp³-hybridized carbons (Fsp3) is 0.526. The minimum atomic E-state index is -0.238. The number of benzene rings is 1. The zero-order chi connectivity index (χ0) is 18.7. The lowest BCUT2D eigenvalue weighted by Gasteiger charge is -2.28. The van der Waals surface area contributed by atoms with Crippen molar-refractivity contribution in [3.63, 3.8) is 0 Å². The van der Waals surface area contributed by atoms with E-state index in [-0.39, 0.29) is 11.1 Å². The van der Waals surface area contributed by atoms with Crippen LogP contribution in [0.15, 0.2) is 24.3 Å². The lowest BCUT2D eigenvalue weighted by molar-refractivity contribution is -0.119. The van der Waals surface area contributed by atoms with Gasteiger partial charge in [-0.15, -0.1) is 0 Å². The second kappa shape index (κ2) is 11.6. The quantitative estimate of drug-likeness (QED) is 0.768. The van der Waals surface area contributed by atoms with Crippen LogP contribution in [-0.4, -0.2) is 30.0 Å². The van der Waals surface area contributed by atoms with Gasteiger partial charge in [-0.1, -0.05) is 13.8 Å². The smallest absolute Gasteiger partial charge is 0.224 e. The van der Waals surface area contributed by atoms with Crippen molar-refractivity contribution in [2.45, 2.75) is 52.4 Å². The maximum Gasteiger partial charge on any atom is 0.224 e. The number of rotatable bonds is 6. The first-order valence-corrected chi connectivity index (χ1v) is 9.19. The number of amides is 1. The fourth-order valence-electron chi connectivity index (χ4n) is 2.42. The molecule has 0 aromatic heterocycles. The lowest BCUT2D eigenvalue weighted by atomic mass is 10.1. The van der Waals surface area contributed by atoms with Crippen LogP contribution in [0.1, 0.15) is 52.4 Å². The first-order valence-electron chi connectivity index (χ1n) is 8.81. The molecule has 0 atom stereocenters. The summed E-state index contributed by atoms with van der Waals surface area (Å²) >= 11 is 4.94. The number of carbonyl (C=O) groups excluding carboxylic acids is 3. The van der Waals surface area contributed by atoms with E-state index in [2.05, 4.69) is 10.2 Å². The molecule has 1 N–H and O–H groups in total. The first-order chi connectivity index (χ1) is 12.0. The highest BCUT2D eigenvalue weighted by atomic mass is 35.5. The number of halogens is 1. The highest BCUT2D eigenvalue weighted by Gasteiger charge is 2.16. The van der Waals surface area contributed by atoms with Gasteiger partial charge in [-0.05, 0) is 48.7 Å². The van der Waals surface area contributed by atoms with E-state index in [0.29, 0.717) is 31.5 Å². The van der Waals surface area contributed by atoms with Gasteiger partial charge >= 0.3 is 0 Å². The Hall–Kier alpha value is -1.88. The van der Waals surface area contributed by atoms with E-state index in [9.17, 15) is 14.4 Å². The highest BCUT2D eigenvalue weighted by molar-refractivity contribution is 6.63. The number of piperidine rings is 1. The van der Waals surface area contributed by atoms with Crippen LogP contribution < -0.4 is 10.2 Å². The van der Waals surface area contributed by atoms with Gasteiger partial charge in [-0.3, -0.25) is 14.4 Å². The number of carbonyl (C=O) groups is 3. The van der Waals surface area contributed by atoms with Crippen molar-refractivity contribution >= 4 is 39.9 Å². The third-order valence-electron chi connectivity index (χ3n) is 3.76. The molecule has 0 saturated carbocycles. The van der Waals surface area contributed by atoms with Gasteiger partial charge < -0.3 is 10.2 Å². The molecule has 1 aromatic carbocycles. The summed E-state index contributed by atoms with van der Waals surface area (Å²) in [6.45, 7) is 5.49. The van der Waals surface area contributed by atoms with E-state index in [1.807, 2.05) is 38.1 Å². The van der Waals surface area contributed by atoms with Gasteiger partial charge in [-0.2, -0.15) is 0 Å². The maximum atomic E-state index is 11.5. The molecule has 1 heterocycles. The molecular formula is C19H27ClN2O3. The van der Waals surface area contributed by atoms with Gasteiger partial charge in [-0.25, -0.2) is 0 Å². The van der Waals surface area contributed by atoms with Gasteiger partial charge in [0.15, 0.2) is 0 Å². The standard InChI is InChI=1S/C15H20N2O2.C4H7ClO/c1-2-3-15(19)16-12-4-6-13(7-5-12)17-10-8-14(18)9-11-17;1-2-3-4(5)6/h4-7H,2-3,8-11H2,1H3,(H,16,19);2-3H2,1H3. The van der Waals surface area contributed by atoms with Gasteiger partial charge in [0.1, 0.15) is 5.78 Å². The monoisotopic (exact) mass is 366 g/mol. The summed E-state index contributed by atoms with van der Waals surface area (Å²) in [5, 5.41) is 2.63. The average molecular weight is 367 g/mol. The zero-order valence-corrected chi connectivity index (χ0v) is 15.8. The van der Waals surface area contributed by atoms with Crippen LogP contribution in [0, 0.1) is 0 Å². The minimum absolute atomic E-state index is 0.0545. The molecule has 1 aliphatic rings. The van der Waals surface area contributed by atoms with Crippen molar-refractivity contribution in [1.82, 2.24) is 0 Å². The minimum Gasteiger partial charge on any atom is -0.371 e. The molecule has 25 heavy (non-hydrogen) atoms. The Morgan fingerprint density at radius 3 is 2.04 bits per heavy atom. The SMILES string of the molecule is CCCC(=O)Cl.CCCC(=O)Nc1ccc(N2CCC(=O)CC2)cc1.